The average Bonchev–Trinajstić information content (AvgIpc) is 2.94. The Morgan fingerprint density at radius 2 is 2.25 bits per heavy atom. The lowest BCUT2D eigenvalue weighted by atomic mass is 10.2. The molecule has 1 aromatic heterocycles. The zero-order valence-electron chi connectivity index (χ0n) is 12.2. The van der Waals surface area contributed by atoms with E-state index in [9.17, 15) is 9.59 Å². The molecule has 1 N–H and O–H groups in total. The molecule has 1 aromatic rings. The number of nitrogens with zero attached hydrogens (tertiary/aromatic N) is 4. The maximum Gasteiger partial charge on any atom is 0.247 e. The van der Waals surface area contributed by atoms with Crippen molar-refractivity contribution in [2.24, 2.45) is 7.05 Å². The van der Waals surface area contributed by atoms with Crippen molar-refractivity contribution >= 4 is 11.8 Å². The van der Waals surface area contributed by atoms with Crippen LogP contribution in [0, 0.1) is 0 Å². The quantitative estimate of drug-likeness (QED) is 0.734. The number of imide groups is 1. The number of nitrogens with one attached hydrogen (secondary N) is 1. The normalized spacial score (nSPS) is 20.8. The van der Waals surface area contributed by atoms with E-state index < -0.39 is 6.04 Å². The number of aryl methyl sites for hydroxylation is 1. The number of carbonyl (C=O) groups is 2. The molecule has 2 atom stereocenters. The molecule has 1 saturated heterocycles. The van der Waals surface area contributed by atoms with Gasteiger partial charge in [0.2, 0.25) is 11.8 Å². The van der Waals surface area contributed by atoms with Crippen LogP contribution in [-0.2, 0) is 23.1 Å². The zero-order valence-corrected chi connectivity index (χ0v) is 12.2. The Morgan fingerprint density at radius 1 is 1.50 bits per heavy atom. The molecule has 2 unspecified atom stereocenters. The third-order valence-corrected chi connectivity index (χ3v) is 3.60. The first-order valence-electron chi connectivity index (χ1n) is 6.96. The first-order chi connectivity index (χ1) is 9.52. The molecule has 2 amide bonds. The second-order valence-corrected chi connectivity index (χ2v) is 5.15. The first-order valence-corrected chi connectivity index (χ1v) is 6.96. The van der Waals surface area contributed by atoms with Gasteiger partial charge in [-0.1, -0.05) is 6.92 Å². The molecule has 1 aliphatic rings. The van der Waals surface area contributed by atoms with Gasteiger partial charge in [-0.05, 0) is 13.3 Å². The summed E-state index contributed by atoms with van der Waals surface area (Å²) in [7, 11) is 1.81. The fourth-order valence-electron chi connectivity index (χ4n) is 2.31. The Balaban J connectivity index is 1.85. The fraction of sp³-hybridized carbons (Fsp3) is 0.692. The van der Waals surface area contributed by atoms with Gasteiger partial charge < -0.3 is 5.32 Å². The monoisotopic (exact) mass is 279 g/mol. The van der Waals surface area contributed by atoms with Crippen LogP contribution >= 0.6 is 0 Å². The van der Waals surface area contributed by atoms with Crippen LogP contribution in [0.3, 0.4) is 0 Å². The topological polar surface area (TPSA) is 80.1 Å². The molecule has 2 heterocycles. The van der Waals surface area contributed by atoms with Crippen LogP contribution in [0.5, 0.6) is 0 Å². The molecule has 20 heavy (non-hydrogen) atoms. The summed E-state index contributed by atoms with van der Waals surface area (Å²) in [6.07, 6.45) is 3.31. The molecule has 7 nitrogen and oxygen atoms in total. The van der Waals surface area contributed by atoms with E-state index in [1.54, 1.807) is 11.0 Å². The fourth-order valence-corrected chi connectivity index (χ4v) is 2.31. The third-order valence-electron chi connectivity index (χ3n) is 3.60. The summed E-state index contributed by atoms with van der Waals surface area (Å²) in [6, 6.07) is -0.431. The average molecular weight is 279 g/mol. The molecule has 0 aliphatic carbocycles. The second-order valence-electron chi connectivity index (χ2n) is 5.15. The van der Waals surface area contributed by atoms with Crippen LogP contribution in [0.1, 0.15) is 32.5 Å². The maximum atomic E-state index is 12.2. The van der Waals surface area contributed by atoms with Crippen LogP contribution in [-0.4, -0.2) is 50.1 Å². The van der Waals surface area contributed by atoms with Gasteiger partial charge in [0, 0.05) is 26.1 Å². The van der Waals surface area contributed by atoms with Crippen molar-refractivity contribution in [2.45, 2.75) is 45.2 Å². The lowest BCUT2D eigenvalue weighted by Crippen LogP contribution is -2.43. The van der Waals surface area contributed by atoms with Crippen molar-refractivity contribution in [2.75, 3.05) is 6.54 Å². The Morgan fingerprint density at radius 3 is 2.85 bits per heavy atom. The number of likely N-dealkylation sites (tertiary alicyclic amines) is 1. The molecule has 0 bridgehead atoms. The number of rotatable bonds is 6. The highest BCUT2D eigenvalue weighted by Crippen LogP contribution is 2.17. The summed E-state index contributed by atoms with van der Waals surface area (Å²) in [5.74, 6) is 0.534. The lowest BCUT2D eigenvalue weighted by molar-refractivity contribution is -0.141. The first kappa shape index (κ1) is 14.6. The van der Waals surface area contributed by atoms with Gasteiger partial charge in [0.05, 0.1) is 12.5 Å². The molecule has 110 valence electrons. The van der Waals surface area contributed by atoms with Gasteiger partial charge in [0.1, 0.15) is 6.33 Å². The van der Waals surface area contributed by atoms with Gasteiger partial charge in [0.15, 0.2) is 5.82 Å². The zero-order chi connectivity index (χ0) is 14.7. The van der Waals surface area contributed by atoms with Crippen LogP contribution in [0.4, 0.5) is 0 Å². The highest BCUT2D eigenvalue weighted by molar-refractivity contribution is 6.05. The van der Waals surface area contributed by atoms with E-state index in [1.807, 2.05) is 20.9 Å². The molecule has 1 fully saturated rings. The minimum absolute atomic E-state index is 0.0285. The number of aromatic nitrogens is 3. The minimum Gasteiger partial charge on any atom is -0.305 e. The van der Waals surface area contributed by atoms with Gasteiger partial charge >= 0.3 is 0 Å². The minimum atomic E-state index is -0.403. The Bertz CT molecular complexity index is 499. The van der Waals surface area contributed by atoms with Crippen molar-refractivity contribution in [1.29, 1.82) is 0 Å². The SMILES string of the molecule is CCC(C)N1C(=O)CC(NCCc2ncn(C)n2)C1=O. The molecule has 2 rings (SSSR count). The summed E-state index contributed by atoms with van der Waals surface area (Å²) in [6.45, 7) is 4.46. The standard InChI is InChI=1S/C13H21N5O2/c1-4-9(2)18-12(19)7-10(13(18)20)14-6-5-11-15-8-17(3)16-11/h8-10,14H,4-7H2,1-3H3. The van der Waals surface area contributed by atoms with Crippen LogP contribution in [0.15, 0.2) is 6.33 Å². The molecule has 0 spiro atoms. The number of hydrogen-bond donors (Lipinski definition) is 1. The predicted molar refractivity (Wildman–Crippen MR) is 72.7 cm³/mol. The number of hydrogen-bond acceptors (Lipinski definition) is 5. The molecule has 1 aliphatic heterocycles. The highest BCUT2D eigenvalue weighted by Gasteiger charge is 2.40. The van der Waals surface area contributed by atoms with E-state index in [0.29, 0.717) is 13.0 Å². The summed E-state index contributed by atoms with van der Waals surface area (Å²) in [5, 5.41) is 7.30. The van der Waals surface area contributed by atoms with E-state index in [4.69, 9.17) is 0 Å². The molecule has 0 aromatic carbocycles. The molecular weight excluding hydrogens is 258 g/mol. The summed E-state index contributed by atoms with van der Waals surface area (Å²) >= 11 is 0. The van der Waals surface area contributed by atoms with Crippen LogP contribution in [0.2, 0.25) is 0 Å². The van der Waals surface area contributed by atoms with Crippen molar-refractivity contribution in [3.63, 3.8) is 0 Å². The van der Waals surface area contributed by atoms with E-state index in [2.05, 4.69) is 15.4 Å². The largest absolute Gasteiger partial charge is 0.305 e. The van der Waals surface area contributed by atoms with Gasteiger partial charge in [-0.15, -0.1) is 0 Å². The third kappa shape index (κ3) is 3.04. The van der Waals surface area contributed by atoms with E-state index in [-0.39, 0.29) is 24.3 Å². The van der Waals surface area contributed by atoms with E-state index in [1.165, 1.54) is 4.90 Å². The van der Waals surface area contributed by atoms with Crippen molar-refractivity contribution in [3.05, 3.63) is 12.2 Å². The predicted octanol–water partition coefficient (Wildman–Crippen LogP) is -0.127. The van der Waals surface area contributed by atoms with Gasteiger partial charge in [-0.2, -0.15) is 5.10 Å². The van der Waals surface area contributed by atoms with Crippen molar-refractivity contribution < 1.29 is 9.59 Å². The Hall–Kier alpha value is -1.76. The van der Waals surface area contributed by atoms with Crippen LogP contribution in [0.25, 0.3) is 0 Å². The van der Waals surface area contributed by atoms with Crippen LogP contribution < -0.4 is 5.32 Å². The summed E-state index contributed by atoms with van der Waals surface area (Å²) < 4.78 is 1.64. The Labute approximate surface area is 118 Å². The Kier molecular flexibility index (Phi) is 4.49. The highest BCUT2D eigenvalue weighted by atomic mass is 16.2. The second kappa shape index (κ2) is 6.13. The number of amides is 2. The van der Waals surface area contributed by atoms with Crippen molar-refractivity contribution in [1.82, 2.24) is 25.0 Å². The van der Waals surface area contributed by atoms with Crippen molar-refractivity contribution in [3.8, 4) is 0 Å². The summed E-state index contributed by atoms with van der Waals surface area (Å²) in [4.78, 5) is 29.5. The van der Waals surface area contributed by atoms with Gasteiger partial charge in [0.25, 0.3) is 0 Å². The number of carbonyl (C=O) groups excluding carboxylic acids is 2. The van der Waals surface area contributed by atoms with Gasteiger partial charge in [-0.3, -0.25) is 19.2 Å². The molecule has 7 heteroatoms. The maximum absolute atomic E-state index is 12.2. The molecule has 0 radical (unpaired) electrons. The molecule has 0 saturated carbocycles. The summed E-state index contributed by atoms with van der Waals surface area (Å²) in [5.41, 5.74) is 0. The lowest BCUT2D eigenvalue weighted by Gasteiger charge is -2.21. The molecular formula is C13H21N5O2. The van der Waals surface area contributed by atoms with E-state index in [0.717, 1.165) is 12.2 Å². The van der Waals surface area contributed by atoms with Gasteiger partial charge in [-0.25, -0.2) is 4.98 Å². The van der Waals surface area contributed by atoms with E-state index >= 15 is 0 Å². The smallest absolute Gasteiger partial charge is 0.247 e.